The average molecular weight is 486 g/mol. The summed E-state index contributed by atoms with van der Waals surface area (Å²) < 4.78 is 13.5. The number of aromatic amines is 1. The van der Waals surface area contributed by atoms with E-state index in [-0.39, 0.29) is 11.9 Å². The topological polar surface area (TPSA) is 88.8 Å². The third-order valence-corrected chi connectivity index (χ3v) is 7.07. The summed E-state index contributed by atoms with van der Waals surface area (Å²) in [5.41, 5.74) is 17.0. The van der Waals surface area contributed by atoms with Crippen LogP contribution in [0.5, 0.6) is 0 Å². The molecule has 0 saturated heterocycles. The van der Waals surface area contributed by atoms with Gasteiger partial charge < -0.3 is 15.6 Å². The first-order valence-corrected chi connectivity index (χ1v) is 12.3. The van der Waals surface area contributed by atoms with E-state index in [1.807, 2.05) is 6.92 Å². The van der Waals surface area contributed by atoms with Crippen molar-refractivity contribution >= 4 is 0 Å². The molecule has 0 spiro atoms. The van der Waals surface area contributed by atoms with E-state index in [9.17, 15) is 4.39 Å². The van der Waals surface area contributed by atoms with Crippen LogP contribution in [0.25, 0.3) is 11.4 Å². The van der Waals surface area contributed by atoms with Gasteiger partial charge in [0, 0.05) is 18.2 Å². The van der Waals surface area contributed by atoms with E-state index in [4.69, 9.17) is 15.7 Å². The van der Waals surface area contributed by atoms with E-state index in [0.29, 0.717) is 18.8 Å². The van der Waals surface area contributed by atoms with Crippen molar-refractivity contribution < 1.29 is 9.23 Å². The monoisotopic (exact) mass is 485 g/mol. The molecule has 186 valence electrons. The molecule has 1 aliphatic rings. The number of H-pyrrole nitrogens is 1. The lowest BCUT2D eigenvalue weighted by molar-refractivity contribution is 0.0867. The fourth-order valence-electron chi connectivity index (χ4n) is 5.54. The molecule has 1 aliphatic carbocycles. The van der Waals surface area contributed by atoms with Crippen LogP contribution in [0.2, 0.25) is 0 Å². The predicted molar refractivity (Wildman–Crippen MR) is 139 cm³/mol. The van der Waals surface area contributed by atoms with Crippen molar-refractivity contribution in [1.82, 2.24) is 20.7 Å². The largest absolute Gasteiger partial charge is 0.328 e. The quantitative estimate of drug-likeness (QED) is 0.329. The van der Waals surface area contributed by atoms with Crippen molar-refractivity contribution in [1.29, 1.82) is 0 Å². The first-order valence-electron chi connectivity index (χ1n) is 12.3. The zero-order valence-corrected chi connectivity index (χ0v) is 20.9. The lowest BCUT2D eigenvalue weighted by atomic mass is 9.68. The summed E-state index contributed by atoms with van der Waals surface area (Å²) in [5, 5.41) is 9.21. The van der Waals surface area contributed by atoms with Crippen LogP contribution >= 0.6 is 0 Å². The maximum absolute atomic E-state index is 13.5. The molecule has 36 heavy (non-hydrogen) atoms. The number of benzene rings is 3. The summed E-state index contributed by atoms with van der Waals surface area (Å²) in [7, 11) is 1.62. The third kappa shape index (κ3) is 4.46. The molecule has 3 aromatic carbocycles. The van der Waals surface area contributed by atoms with Crippen molar-refractivity contribution in [2.24, 2.45) is 5.73 Å². The van der Waals surface area contributed by atoms with Gasteiger partial charge in [-0.1, -0.05) is 42.0 Å². The summed E-state index contributed by atoms with van der Waals surface area (Å²) in [6.45, 7) is 4.78. The van der Waals surface area contributed by atoms with Crippen LogP contribution in [-0.4, -0.2) is 28.3 Å². The van der Waals surface area contributed by atoms with E-state index in [1.54, 1.807) is 19.2 Å². The Morgan fingerprint density at radius 3 is 2.42 bits per heavy atom. The van der Waals surface area contributed by atoms with Crippen molar-refractivity contribution in [3.8, 4) is 11.4 Å². The van der Waals surface area contributed by atoms with Gasteiger partial charge in [-0.05, 0) is 85.2 Å². The van der Waals surface area contributed by atoms with E-state index in [2.05, 4.69) is 58.9 Å². The van der Waals surface area contributed by atoms with Crippen LogP contribution < -0.4 is 11.2 Å². The molecule has 0 fully saturated rings. The molecule has 0 bridgehead atoms. The number of aryl methyl sites for hydroxylation is 3. The first kappa shape index (κ1) is 24.3. The van der Waals surface area contributed by atoms with Gasteiger partial charge in [0.25, 0.3) is 0 Å². The van der Waals surface area contributed by atoms with Gasteiger partial charge in [0.15, 0.2) is 5.82 Å². The Balaban J connectivity index is 1.75. The Morgan fingerprint density at radius 2 is 1.72 bits per heavy atom. The molecule has 1 heterocycles. The van der Waals surface area contributed by atoms with Crippen LogP contribution in [0.1, 0.15) is 52.5 Å². The average Bonchev–Trinajstić information content (AvgIpc) is 3.32. The van der Waals surface area contributed by atoms with Gasteiger partial charge in [-0.3, -0.25) is 0 Å². The van der Waals surface area contributed by atoms with Gasteiger partial charge in [-0.2, -0.15) is 5.48 Å². The zero-order chi connectivity index (χ0) is 25.3. The maximum atomic E-state index is 13.5. The Hall–Kier alpha value is -3.39. The highest BCUT2D eigenvalue weighted by atomic mass is 19.1. The molecule has 0 aliphatic heterocycles. The predicted octanol–water partition coefficient (Wildman–Crippen LogP) is 4.74. The molecule has 1 aromatic heterocycles. The van der Waals surface area contributed by atoms with Crippen molar-refractivity contribution in [3.63, 3.8) is 0 Å². The van der Waals surface area contributed by atoms with Gasteiger partial charge >= 0.3 is 0 Å². The molecule has 2 atom stereocenters. The minimum Gasteiger partial charge on any atom is -0.328 e. The highest BCUT2D eigenvalue weighted by Crippen LogP contribution is 2.47. The van der Waals surface area contributed by atoms with E-state index < -0.39 is 5.41 Å². The minimum atomic E-state index is -0.610. The fourth-order valence-corrected chi connectivity index (χ4v) is 5.54. The lowest BCUT2D eigenvalue weighted by Gasteiger charge is -2.36. The number of hydroxylamine groups is 1. The highest BCUT2D eigenvalue weighted by molar-refractivity contribution is 5.59. The summed E-state index contributed by atoms with van der Waals surface area (Å²) in [6.07, 6.45) is 2.49. The molecule has 0 saturated carbocycles. The van der Waals surface area contributed by atoms with Gasteiger partial charge in [-0.15, -0.1) is 10.2 Å². The SMILES string of the molecule is CONCc1ccc2c(c1)CCc1cc(C)ccc1C2(C[C@@H](C)N)c1nnc(-c2ccc(F)cc2)[nH]1. The van der Waals surface area contributed by atoms with E-state index in [0.717, 1.165) is 29.8 Å². The number of nitrogens with two attached hydrogens (primary N) is 1. The molecule has 1 unspecified atom stereocenters. The number of hydrogen-bond donors (Lipinski definition) is 3. The minimum absolute atomic E-state index is 0.0979. The Morgan fingerprint density at radius 1 is 1.03 bits per heavy atom. The van der Waals surface area contributed by atoms with Crippen LogP contribution in [0, 0.1) is 12.7 Å². The van der Waals surface area contributed by atoms with E-state index in [1.165, 1.54) is 39.9 Å². The number of hydrogen-bond acceptors (Lipinski definition) is 5. The normalized spacial score (nSPS) is 17.8. The summed E-state index contributed by atoms with van der Waals surface area (Å²) >= 11 is 0. The number of aromatic nitrogens is 3. The number of rotatable bonds is 7. The second-order valence-corrected chi connectivity index (χ2v) is 9.79. The Kier molecular flexibility index (Phi) is 6.71. The molecule has 0 radical (unpaired) electrons. The maximum Gasteiger partial charge on any atom is 0.161 e. The Bertz CT molecular complexity index is 1360. The highest BCUT2D eigenvalue weighted by Gasteiger charge is 2.44. The second-order valence-electron chi connectivity index (χ2n) is 9.79. The van der Waals surface area contributed by atoms with Crippen LogP contribution in [0.4, 0.5) is 4.39 Å². The van der Waals surface area contributed by atoms with E-state index >= 15 is 0 Å². The molecule has 0 amide bonds. The van der Waals surface area contributed by atoms with Crippen molar-refractivity contribution in [2.75, 3.05) is 7.11 Å². The third-order valence-electron chi connectivity index (χ3n) is 7.07. The molecule has 7 heteroatoms. The van der Waals surface area contributed by atoms with Crippen LogP contribution in [-0.2, 0) is 29.6 Å². The smallest absolute Gasteiger partial charge is 0.161 e. The molecule has 6 nitrogen and oxygen atoms in total. The summed E-state index contributed by atoms with van der Waals surface area (Å²) in [4.78, 5) is 8.59. The first-order chi connectivity index (χ1) is 17.4. The number of fused-ring (bicyclic) bond motifs is 2. The molecule has 4 N–H and O–H groups in total. The lowest BCUT2D eigenvalue weighted by Crippen LogP contribution is -2.38. The van der Waals surface area contributed by atoms with Crippen LogP contribution in [0.3, 0.4) is 0 Å². The molecule has 5 rings (SSSR count). The summed E-state index contributed by atoms with van der Waals surface area (Å²) in [5.74, 6) is 1.07. The summed E-state index contributed by atoms with van der Waals surface area (Å²) in [6, 6.07) is 19.5. The molecular weight excluding hydrogens is 453 g/mol. The van der Waals surface area contributed by atoms with Crippen molar-refractivity contribution in [2.45, 2.75) is 51.1 Å². The second kappa shape index (κ2) is 9.93. The van der Waals surface area contributed by atoms with Gasteiger partial charge in [0.2, 0.25) is 0 Å². The Labute approximate surface area is 211 Å². The van der Waals surface area contributed by atoms with Crippen LogP contribution in [0.15, 0.2) is 60.7 Å². The molecular formula is C29H32FN5O. The number of nitrogens with one attached hydrogen (secondary N) is 2. The van der Waals surface area contributed by atoms with Gasteiger partial charge in [-0.25, -0.2) is 4.39 Å². The fraction of sp³-hybridized carbons (Fsp3) is 0.310. The molecule has 4 aromatic rings. The standard InChI is InChI=1S/C29H32FN5O/c1-18-4-12-25-22(14-18)6-7-23-15-20(17-32-36-3)5-13-26(23)29(25,16-19(2)31)28-33-27(34-35-28)21-8-10-24(30)11-9-21/h4-5,8-15,19,32H,6-7,16-17,31H2,1-3H3,(H,33,34,35)/t19-,29?/m1/s1. The van der Waals surface area contributed by atoms with Gasteiger partial charge in [0.05, 0.1) is 12.5 Å². The van der Waals surface area contributed by atoms with Crippen molar-refractivity contribution in [3.05, 3.63) is 106 Å². The van der Waals surface area contributed by atoms with Gasteiger partial charge in [0.1, 0.15) is 11.6 Å². The number of nitrogens with zero attached hydrogens (tertiary/aromatic N) is 2. The zero-order valence-electron chi connectivity index (χ0n) is 20.9. The number of halogens is 1.